The van der Waals surface area contributed by atoms with E-state index in [4.69, 9.17) is 9.47 Å². The van der Waals surface area contributed by atoms with Crippen LogP contribution in [-0.2, 0) is 4.74 Å². The van der Waals surface area contributed by atoms with Crippen LogP contribution in [0.4, 0.5) is 5.13 Å². The number of fused-ring (bicyclic) bond motifs is 1. The van der Waals surface area contributed by atoms with Crippen LogP contribution in [0.5, 0.6) is 5.75 Å². The zero-order chi connectivity index (χ0) is 15.2. The van der Waals surface area contributed by atoms with Gasteiger partial charge in [0.15, 0.2) is 5.13 Å². The second kappa shape index (κ2) is 7.76. The first-order valence-electron chi connectivity index (χ1n) is 7.93. The molecule has 1 fully saturated rings. The molecule has 1 aromatic carbocycles. The first-order chi connectivity index (χ1) is 10.9. The molecule has 2 aromatic rings. The van der Waals surface area contributed by atoms with Gasteiger partial charge in [0.1, 0.15) is 11.3 Å². The van der Waals surface area contributed by atoms with Gasteiger partial charge in [-0.15, -0.1) is 0 Å². The number of hydrogen-bond acceptors (Lipinski definition) is 6. The van der Waals surface area contributed by atoms with Crippen LogP contribution in [0.2, 0.25) is 0 Å². The lowest BCUT2D eigenvalue weighted by Gasteiger charge is -2.26. The Morgan fingerprint density at radius 2 is 2.23 bits per heavy atom. The largest absolute Gasteiger partial charge is 0.491 e. The van der Waals surface area contributed by atoms with Crippen molar-refractivity contribution in [3.05, 3.63) is 18.2 Å². The van der Waals surface area contributed by atoms with Gasteiger partial charge in [0.05, 0.1) is 24.5 Å². The summed E-state index contributed by atoms with van der Waals surface area (Å²) in [6, 6.07) is 6.12. The predicted molar refractivity (Wildman–Crippen MR) is 91.2 cm³/mol. The molecule has 120 valence electrons. The number of morpholine rings is 1. The molecule has 0 unspecified atom stereocenters. The van der Waals surface area contributed by atoms with Crippen molar-refractivity contribution < 1.29 is 9.47 Å². The van der Waals surface area contributed by atoms with Gasteiger partial charge in [-0.2, -0.15) is 0 Å². The third kappa shape index (κ3) is 3.88. The van der Waals surface area contributed by atoms with Crippen LogP contribution in [0, 0.1) is 0 Å². The number of nitrogens with zero attached hydrogens (tertiary/aromatic N) is 2. The monoisotopic (exact) mass is 321 g/mol. The first kappa shape index (κ1) is 15.5. The molecule has 0 saturated carbocycles. The van der Waals surface area contributed by atoms with E-state index in [9.17, 15) is 0 Å². The quantitative estimate of drug-likeness (QED) is 0.850. The third-order valence-electron chi connectivity index (χ3n) is 3.65. The second-order valence-corrected chi connectivity index (χ2v) is 6.38. The predicted octanol–water partition coefficient (Wildman–Crippen LogP) is 2.83. The zero-order valence-corrected chi connectivity index (χ0v) is 13.8. The molecule has 2 heterocycles. The van der Waals surface area contributed by atoms with Gasteiger partial charge in [-0.05, 0) is 18.6 Å². The van der Waals surface area contributed by atoms with Crippen molar-refractivity contribution in [2.45, 2.75) is 13.3 Å². The summed E-state index contributed by atoms with van der Waals surface area (Å²) >= 11 is 1.69. The normalized spacial score (nSPS) is 16.0. The Balaban J connectivity index is 1.59. The van der Waals surface area contributed by atoms with E-state index in [2.05, 4.69) is 28.2 Å². The maximum Gasteiger partial charge on any atom is 0.183 e. The highest BCUT2D eigenvalue weighted by Crippen LogP contribution is 2.32. The van der Waals surface area contributed by atoms with Crippen molar-refractivity contribution in [2.75, 3.05) is 51.3 Å². The number of rotatable bonds is 7. The van der Waals surface area contributed by atoms with E-state index in [0.29, 0.717) is 0 Å². The molecule has 0 aliphatic carbocycles. The summed E-state index contributed by atoms with van der Waals surface area (Å²) < 4.78 is 12.3. The van der Waals surface area contributed by atoms with Crippen molar-refractivity contribution in [3.8, 4) is 5.75 Å². The van der Waals surface area contributed by atoms with Gasteiger partial charge in [-0.25, -0.2) is 4.98 Å². The number of hydrogen-bond donors (Lipinski definition) is 1. The molecule has 1 saturated heterocycles. The molecule has 6 heteroatoms. The zero-order valence-electron chi connectivity index (χ0n) is 13.0. The van der Waals surface area contributed by atoms with Gasteiger partial charge >= 0.3 is 0 Å². The summed E-state index contributed by atoms with van der Waals surface area (Å²) in [5, 5.41) is 4.40. The average Bonchev–Trinajstić information content (AvgIpc) is 2.97. The van der Waals surface area contributed by atoms with E-state index in [0.717, 1.165) is 68.8 Å². The van der Waals surface area contributed by atoms with Crippen LogP contribution in [0.3, 0.4) is 0 Å². The highest BCUT2D eigenvalue weighted by molar-refractivity contribution is 7.22. The van der Waals surface area contributed by atoms with Crippen LogP contribution in [0.1, 0.15) is 13.3 Å². The Morgan fingerprint density at radius 1 is 1.36 bits per heavy atom. The van der Waals surface area contributed by atoms with Gasteiger partial charge in [0.25, 0.3) is 0 Å². The summed E-state index contributed by atoms with van der Waals surface area (Å²) in [4.78, 5) is 7.10. The van der Waals surface area contributed by atoms with Crippen molar-refractivity contribution in [1.82, 2.24) is 9.88 Å². The van der Waals surface area contributed by atoms with Crippen molar-refractivity contribution >= 4 is 26.7 Å². The SMILES string of the molecule is CCCOc1cccc2sc(NCCN3CCOCC3)nc12. The van der Waals surface area contributed by atoms with Crippen molar-refractivity contribution in [2.24, 2.45) is 0 Å². The van der Waals surface area contributed by atoms with Gasteiger partial charge < -0.3 is 14.8 Å². The Morgan fingerprint density at radius 3 is 3.05 bits per heavy atom. The van der Waals surface area contributed by atoms with E-state index in [1.165, 1.54) is 4.70 Å². The molecule has 0 bridgehead atoms. The molecule has 1 N–H and O–H groups in total. The lowest BCUT2D eigenvalue weighted by Crippen LogP contribution is -2.38. The lowest BCUT2D eigenvalue weighted by atomic mass is 10.3. The Hall–Kier alpha value is -1.37. The lowest BCUT2D eigenvalue weighted by molar-refractivity contribution is 0.0398. The van der Waals surface area contributed by atoms with Crippen LogP contribution in [0.25, 0.3) is 10.2 Å². The molecule has 1 aliphatic rings. The molecule has 0 radical (unpaired) electrons. The Kier molecular flexibility index (Phi) is 5.48. The number of aromatic nitrogens is 1. The van der Waals surface area contributed by atoms with E-state index in [1.54, 1.807) is 11.3 Å². The molecule has 22 heavy (non-hydrogen) atoms. The fourth-order valence-electron chi connectivity index (χ4n) is 2.47. The van der Waals surface area contributed by atoms with Gasteiger partial charge in [-0.1, -0.05) is 24.3 Å². The fraction of sp³-hybridized carbons (Fsp3) is 0.562. The minimum absolute atomic E-state index is 0.733. The molecule has 1 aliphatic heterocycles. The van der Waals surface area contributed by atoms with Crippen LogP contribution < -0.4 is 10.1 Å². The smallest absolute Gasteiger partial charge is 0.183 e. The molecule has 3 rings (SSSR count). The number of benzene rings is 1. The van der Waals surface area contributed by atoms with Crippen molar-refractivity contribution in [1.29, 1.82) is 0 Å². The van der Waals surface area contributed by atoms with E-state index >= 15 is 0 Å². The molecule has 1 aromatic heterocycles. The number of para-hydroxylation sites is 1. The number of nitrogens with one attached hydrogen (secondary N) is 1. The molecular formula is C16H23N3O2S. The minimum Gasteiger partial charge on any atom is -0.491 e. The first-order valence-corrected chi connectivity index (χ1v) is 8.75. The molecule has 0 atom stereocenters. The van der Waals surface area contributed by atoms with Gasteiger partial charge in [-0.3, -0.25) is 4.90 Å². The molecular weight excluding hydrogens is 298 g/mol. The second-order valence-electron chi connectivity index (χ2n) is 5.35. The number of anilines is 1. The maximum atomic E-state index is 5.78. The summed E-state index contributed by atoms with van der Waals surface area (Å²) in [6.07, 6.45) is 1.01. The summed E-state index contributed by atoms with van der Waals surface area (Å²) in [7, 11) is 0. The van der Waals surface area contributed by atoms with Crippen LogP contribution in [-0.4, -0.2) is 55.9 Å². The van der Waals surface area contributed by atoms with E-state index in [-0.39, 0.29) is 0 Å². The summed E-state index contributed by atoms with van der Waals surface area (Å²) in [6.45, 7) is 8.52. The van der Waals surface area contributed by atoms with Crippen LogP contribution in [0.15, 0.2) is 18.2 Å². The molecule has 0 spiro atoms. The highest BCUT2D eigenvalue weighted by Gasteiger charge is 2.11. The summed E-state index contributed by atoms with van der Waals surface area (Å²) in [5.41, 5.74) is 0.967. The fourth-order valence-corrected chi connectivity index (χ4v) is 3.38. The number of thiazole rings is 1. The Bertz CT molecular complexity index is 596. The standard InChI is InChI=1S/C16H23N3O2S/c1-2-10-21-13-4-3-5-14-15(13)18-16(22-14)17-6-7-19-8-11-20-12-9-19/h3-5H,2,6-12H2,1H3,(H,17,18). The molecule has 0 amide bonds. The van der Waals surface area contributed by atoms with Crippen LogP contribution >= 0.6 is 11.3 Å². The summed E-state index contributed by atoms with van der Waals surface area (Å²) in [5.74, 6) is 0.886. The van der Waals surface area contributed by atoms with Gasteiger partial charge in [0.2, 0.25) is 0 Å². The van der Waals surface area contributed by atoms with Crippen molar-refractivity contribution in [3.63, 3.8) is 0 Å². The molecule has 5 nitrogen and oxygen atoms in total. The third-order valence-corrected chi connectivity index (χ3v) is 4.63. The topological polar surface area (TPSA) is 46.6 Å². The Labute approximate surface area is 135 Å². The number of ether oxygens (including phenoxy) is 2. The average molecular weight is 321 g/mol. The van der Waals surface area contributed by atoms with Gasteiger partial charge in [0, 0.05) is 26.2 Å². The van der Waals surface area contributed by atoms with E-state index in [1.807, 2.05) is 12.1 Å². The maximum absolute atomic E-state index is 5.78. The minimum atomic E-state index is 0.733. The highest BCUT2D eigenvalue weighted by atomic mass is 32.1. The van der Waals surface area contributed by atoms with E-state index < -0.39 is 0 Å².